The minimum absolute atomic E-state index is 0.0614. The second kappa shape index (κ2) is 4.65. The van der Waals surface area contributed by atoms with Gasteiger partial charge in [-0.3, -0.25) is 13.8 Å². The van der Waals surface area contributed by atoms with Gasteiger partial charge in [0.25, 0.3) is 5.56 Å². The Hall–Kier alpha value is -2.85. The van der Waals surface area contributed by atoms with Gasteiger partial charge in [0, 0.05) is 21.7 Å². The molecule has 1 unspecified atom stereocenters. The van der Waals surface area contributed by atoms with Crippen molar-refractivity contribution in [1.82, 2.24) is 18.9 Å². The summed E-state index contributed by atoms with van der Waals surface area (Å²) >= 11 is 4.71. The Labute approximate surface area is 172 Å². The number of rotatable bonds is 0. The van der Waals surface area contributed by atoms with Crippen molar-refractivity contribution in [1.29, 1.82) is 0 Å². The average Bonchev–Trinajstić information content (AvgIpc) is 3.48. The van der Waals surface area contributed by atoms with Gasteiger partial charge in [-0.05, 0) is 29.0 Å². The minimum Gasteiger partial charge on any atom is -0.369 e. The molecule has 0 saturated heterocycles. The Morgan fingerprint density at radius 1 is 0.966 bits per heavy atom. The summed E-state index contributed by atoms with van der Waals surface area (Å²) in [7, 11) is 0. The summed E-state index contributed by atoms with van der Waals surface area (Å²) in [5.74, 6) is 0.763. The maximum atomic E-state index is 13.4. The van der Waals surface area contributed by atoms with Crippen molar-refractivity contribution in [2.45, 2.75) is 6.23 Å². The van der Waals surface area contributed by atoms with E-state index in [-0.39, 0.29) is 5.56 Å². The number of hydrogen-bond acceptors (Lipinski definition) is 7. The van der Waals surface area contributed by atoms with Crippen LogP contribution in [0.4, 0.5) is 0 Å². The second-order valence-corrected chi connectivity index (χ2v) is 10.00. The molecule has 9 heteroatoms. The fourth-order valence-electron chi connectivity index (χ4n) is 4.67. The molecule has 7 aromatic rings. The van der Waals surface area contributed by atoms with Gasteiger partial charge in [0.05, 0.1) is 20.6 Å². The molecule has 1 atom stereocenters. The Balaban J connectivity index is 1.68. The number of imidazole rings is 2. The van der Waals surface area contributed by atoms with Crippen LogP contribution < -0.4 is 5.56 Å². The van der Waals surface area contributed by atoms with Gasteiger partial charge < -0.3 is 5.11 Å². The number of pyridine rings is 1. The summed E-state index contributed by atoms with van der Waals surface area (Å²) in [6, 6.07) is 7.67. The van der Waals surface area contributed by atoms with E-state index in [0.29, 0.717) is 11.0 Å². The summed E-state index contributed by atoms with van der Waals surface area (Å²) < 4.78 is 4.59. The van der Waals surface area contributed by atoms with E-state index in [1.54, 1.807) is 27.1 Å². The zero-order chi connectivity index (χ0) is 19.0. The highest BCUT2D eigenvalue weighted by Crippen LogP contribution is 2.50. The monoisotopic (exact) mass is 432 g/mol. The van der Waals surface area contributed by atoms with Crippen molar-refractivity contribution < 1.29 is 5.11 Å². The number of benzene rings is 1. The molecule has 7 heterocycles. The van der Waals surface area contributed by atoms with Gasteiger partial charge in [-0.15, -0.1) is 34.0 Å². The number of aromatic nitrogens is 4. The summed E-state index contributed by atoms with van der Waals surface area (Å²) in [5, 5.41) is 17.6. The molecular weight excluding hydrogens is 424 g/mol. The predicted octanol–water partition coefficient (Wildman–Crippen LogP) is 4.65. The van der Waals surface area contributed by atoms with E-state index in [9.17, 15) is 9.90 Å². The number of thiophene rings is 3. The number of hydrogen-bond donors (Lipinski definition) is 1. The molecule has 0 spiro atoms. The van der Waals surface area contributed by atoms with Gasteiger partial charge in [-0.1, -0.05) is 6.07 Å². The zero-order valence-electron chi connectivity index (χ0n) is 14.4. The van der Waals surface area contributed by atoms with Crippen molar-refractivity contribution in [2.24, 2.45) is 0 Å². The maximum absolute atomic E-state index is 13.4. The molecule has 0 fully saturated rings. The Bertz CT molecular complexity index is 1870. The molecule has 0 aliphatic carbocycles. The molecule has 0 amide bonds. The third-order valence-corrected chi connectivity index (χ3v) is 8.64. The van der Waals surface area contributed by atoms with Gasteiger partial charge in [-0.2, -0.15) is 0 Å². The molecule has 8 rings (SSSR count). The van der Waals surface area contributed by atoms with E-state index >= 15 is 0 Å². The number of aliphatic hydroxyl groups is 1. The van der Waals surface area contributed by atoms with Gasteiger partial charge in [-0.25, -0.2) is 9.97 Å². The highest BCUT2D eigenvalue weighted by molar-refractivity contribution is 7.24. The highest BCUT2D eigenvalue weighted by Gasteiger charge is 2.33. The SMILES string of the molecule is O=c1c2ccc3c4c(sc(c42)c2nc4sccc4n12)-c1nc2sccc2n1C3O. The van der Waals surface area contributed by atoms with E-state index in [1.807, 2.05) is 39.6 Å². The first-order chi connectivity index (χ1) is 14.2. The second-order valence-electron chi connectivity index (χ2n) is 7.19. The van der Waals surface area contributed by atoms with E-state index in [1.165, 1.54) is 11.3 Å². The molecule has 6 nitrogen and oxygen atoms in total. The number of nitrogens with zero attached hydrogens (tertiary/aromatic N) is 4. The first-order valence-electron chi connectivity index (χ1n) is 8.96. The molecule has 0 bridgehead atoms. The van der Waals surface area contributed by atoms with Crippen LogP contribution in [0.15, 0.2) is 39.8 Å². The van der Waals surface area contributed by atoms with Crippen LogP contribution >= 0.6 is 34.0 Å². The van der Waals surface area contributed by atoms with Gasteiger partial charge in [0.2, 0.25) is 0 Å². The van der Waals surface area contributed by atoms with Crippen LogP contribution in [0, 0.1) is 0 Å². The van der Waals surface area contributed by atoms with Gasteiger partial charge >= 0.3 is 0 Å². The van der Waals surface area contributed by atoms with E-state index < -0.39 is 6.23 Å². The van der Waals surface area contributed by atoms with Crippen molar-refractivity contribution in [2.75, 3.05) is 0 Å². The first-order valence-corrected chi connectivity index (χ1v) is 11.5. The fraction of sp³-hybridized carbons (Fsp3) is 0.0500. The van der Waals surface area contributed by atoms with Crippen LogP contribution in [0.5, 0.6) is 0 Å². The van der Waals surface area contributed by atoms with Gasteiger partial charge in [0.15, 0.2) is 17.7 Å². The third-order valence-electron chi connectivity index (χ3n) is 5.86. The quantitative estimate of drug-likeness (QED) is 0.379. The molecule has 6 aromatic heterocycles. The lowest BCUT2D eigenvalue weighted by molar-refractivity contribution is 0.152. The summed E-state index contributed by atoms with van der Waals surface area (Å²) in [4.78, 5) is 25.7. The predicted molar refractivity (Wildman–Crippen MR) is 118 cm³/mol. The van der Waals surface area contributed by atoms with Crippen LogP contribution in [-0.2, 0) is 0 Å². The lowest BCUT2D eigenvalue weighted by Crippen LogP contribution is -2.16. The van der Waals surface area contributed by atoms with Crippen LogP contribution in [0.3, 0.4) is 0 Å². The average molecular weight is 433 g/mol. The third kappa shape index (κ3) is 1.52. The summed E-state index contributed by atoms with van der Waals surface area (Å²) in [5.41, 5.74) is 3.23. The normalized spacial score (nSPS) is 16.2. The first kappa shape index (κ1) is 15.1. The maximum Gasteiger partial charge on any atom is 0.264 e. The molecular formula is C20H8N4O2S3. The lowest BCUT2D eigenvalue weighted by Gasteiger charge is -2.22. The van der Waals surface area contributed by atoms with Crippen LogP contribution in [0.1, 0.15) is 11.8 Å². The van der Waals surface area contributed by atoms with Crippen LogP contribution in [-0.4, -0.2) is 24.0 Å². The van der Waals surface area contributed by atoms with E-state index in [2.05, 4.69) is 0 Å². The van der Waals surface area contributed by atoms with Crippen LogP contribution in [0.2, 0.25) is 0 Å². The van der Waals surface area contributed by atoms with Gasteiger partial charge in [0.1, 0.15) is 9.66 Å². The smallest absolute Gasteiger partial charge is 0.264 e. The topological polar surface area (TPSA) is 72.4 Å². The summed E-state index contributed by atoms with van der Waals surface area (Å²) in [6.07, 6.45) is -0.825. The zero-order valence-corrected chi connectivity index (χ0v) is 16.9. The molecule has 1 aliphatic rings. The molecule has 29 heavy (non-hydrogen) atoms. The largest absolute Gasteiger partial charge is 0.369 e. The lowest BCUT2D eigenvalue weighted by atomic mass is 9.98. The molecule has 0 radical (unpaired) electrons. The van der Waals surface area contributed by atoms with Crippen molar-refractivity contribution in [3.8, 4) is 10.7 Å². The minimum atomic E-state index is -0.825. The number of fused-ring (bicyclic) bond motifs is 8. The van der Waals surface area contributed by atoms with Crippen molar-refractivity contribution in [3.05, 3.63) is 50.9 Å². The van der Waals surface area contributed by atoms with E-state index in [0.717, 1.165) is 52.4 Å². The standard InChI is InChI=1S/C20H8N4O2S3/c25-19-7-1-2-8-12-11(7)13(15-21-17-9(23(15)19)3-5-27-17)29-14(12)16-22-18-10(4-6-28-18)24(16)20(8)26/h1-6,19,25H. The molecule has 1 N–H and O–H groups in total. The van der Waals surface area contributed by atoms with Crippen molar-refractivity contribution in [3.63, 3.8) is 0 Å². The highest BCUT2D eigenvalue weighted by atomic mass is 32.1. The Morgan fingerprint density at radius 3 is 2.62 bits per heavy atom. The fourth-order valence-corrected chi connectivity index (χ4v) is 7.47. The molecule has 1 aromatic carbocycles. The Kier molecular flexibility index (Phi) is 2.41. The number of aliphatic hydroxyl groups excluding tert-OH is 1. The van der Waals surface area contributed by atoms with Crippen LogP contribution in [0.25, 0.3) is 57.9 Å². The van der Waals surface area contributed by atoms with E-state index in [4.69, 9.17) is 9.97 Å². The summed E-state index contributed by atoms with van der Waals surface area (Å²) in [6.45, 7) is 0. The Morgan fingerprint density at radius 2 is 1.76 bits per heavy atom. The molecule has 0 saturated carbocycles. The molecule has 138 valence electrons. The molecule has 1 aliphatic heterocycles. The van der Waals surface area contributed by atoms with Crippen molar-refractivity contribution >= 4 is 81.2 Å².